The largest absolute Gasteiger partial charge is 0.490 e. The topological polar surface area (TPSA) is 39.7 Å². The van der Waals surface area contributed by atoms with Crippen LogP contribution in [0.2, 0.25) is 0 Å². The van der Waals surface area contributed by atoms with Crippen LogP contribution < -0.4 is 14.8 Å². The van der Waals surface area contributed by atoms with Gasteiger partial charge in [-0.3, -0.25) is 0 Å². The summed E-state index contributed by atoms with van der Waals surface area (Å²) in [6.45, 7) is 5.05. The van der Waals surface area contributed by atoms with Crippen LogP contribution in [0.1, 0.15) is 38.2 Å². The maximum atomic E-state index is 6.01. The van der Waals surface area contributed by atoms with Crippen LogP contribution in [0.4, 0.5) is 0 Å². The first kappa shape index (κ1) is 16.1. The highest BCUT2D eigenvalue weighted by atomic mass is 16.5. The Labute approximate surface area is 127 Å². The van der Waals surface area contributed by atoms with Gasteiger partial charge in [0.1, 0.15) is 0 Å². The molecule has 1 aromatic carbocycles. The van der Waals surface area contributed by atoms with Crippen molar-refractivity contribution >= 4 is 0 Å². The summed E-state index contributed by atoms with van der Waals surface area (Å²) in [6, 6.07) is 6.06. The summed E-state index contributed by atoms with van der Waals surface area (Å²) in [4.78, 5) is 0. The Morgan fingerprint density at radius 3 is 2.95 bits per heavy atom. The van der Waals surface area contributed by atoms with E-state index in [1.165, 1.54) is 12.8 Å². The first-order chi connectivity index (χ1) is 10.3. The van der Waals surface area contributed by atoms with Gasteiger partial charge in [-0.15, -0.1) is 0 Å². The fourth-order valence-corrected chi connectivity index (χ4v) is 2.68. The number of rotatable bonds is 9. The van der Waals surface area contributed by atoms with E-state index in [0.717, 1.165) is 43.1 Å². The lowest BCUT2D eigenvalue weighted by molar-refractivity contribution is 0.0979. The molecule has 0 spiro atoms. The highest BCUT2D eigenvalue weighted by Crippen LogP contribution is 2.31. The molecular weight excluding hydrogens is 266 g/mol. The number of benzene rings is 1. The molecule has 1 fully saturated rings. The van der Waals surface area contributed by atoms with Crippen LogP contribution >= 0.6 is 0 Å². The Hall–Kier alpha value is -1.26. The lowest BCUT2D eigenvalue weighted by Gasteiger charge is -2.16. The zero-order chi connectivity index (χ0) is 14.9. The maximum absolute atomic E-state index is 6.01. The van der Waals surface area contributed by atoms with Crippen molar-refractivity contribution in [3.63, 3.8) is 0 Å². The number of nitrogens with one attached hydrogen (secondary N) is 1. The third kappa shape index (κ3) is 4.90. The van der Waals surface area contributed by atoms with Gasteiger partial charge in [-0.25, -0.2) is 0 Å². The van der Waals surface area contributed by atoms with E-state index in [4.69, 9.17) is 14.2 Å². The van der Waals surface area contributed by atoms with Gasteiger partial charge < -0.3 is 19.5 Å². The van der Waals surface area contributed by atoms with Crippen molar-refractivity contribution in [2.75, 3.05) is 26.9 Å². The van der Waals surface area contributed by atoms with Gasteiger partial charge in [0.25, 0.3) is 0 Å². The molecule has 4 heteroatoms. The molecule has 0 amide bonds. The van der Waals surface area contributed by atoms with Crippen LogP contribution in [0.3, 0.4) is 0 Å². The smallest absolute Gasteiger partial charge is 0.165 e. The fraction of sp³-hybridized carbons (Fsp3) is 0.647. The van der Waals surface area contributed by atoms with Crippen LogP contribution in [-0.2, 0) is 11.3 Å². The minimum Gasteiger partial charge on any atom is -0.490 e. The Bertz CT molecular complexity index is 392. The van der Waals surface area contributed by atoms with Gasteiger partial charge in [0.2, 0.25) is 0 Å². The van der Waals surface area contributed by atoms with E-state index in [1.54, 1.807) is 0 Å². The highest BCUT2D eigenvalue weighted by Gasteiger charge is 2.15. The van der Waals surface area contributed by atoms with Crippen molar-refractivity contribution in [1.29, 1.82) is 0 Å². The Morgan fingerprint density at radius 1 is 1.33 bits per heavy atom. The zero-order valence-electron chi connectivity index (χ0n) is 13.2. The maximum Gasteiger partial charge on any atom is 0.165 e. The van der Waals surface area contributed by atoms with Crippen molar-refractivity contribution in [2.45, 2.75) is 45.3 Å². The lowest BCUT2D eigenvalue weighted by Crippen LogP contribution is -2.11. The van der Waals surface area contributed by atoms with E-state index in [9.17, 15) is 0 Å². The standard InChI is InChI=1S/C17H27NO3/c1-3-19-16-10-4-7-14(13-18-2)17(16)21-12-6-9-15-8-5-11-20-15/h4,7,10,15,18H,3,5-6,8-9,11-13H2,1-2H3. The average Bonchev–Trinajstić information content (AvgIpc) is 2.99. The first-order valence-electron chi connectivity index (χ1n) is 7.98. The molecule has 21 heavy (non-hydrogen) atoms. The predicted molar refractivity (Wildman–Crippen MR) is 84.1 cm³/mol. The van der Waals surface area contributed by atoms with Gasteiger partial charge >= 0.3 is 0 Å². The summed E-state index contributed by atoms with van der Waals surface area (Å²) in [5, 5.41) is 3.17. The number of para-hydroxylation sites is 1. The molecular formula is C17H27NO3. The minimum absolute atomic E-state index is 0.438. The van der Waals surface area contributed by atoms with Crippen molar-refractivity contribution in [3.8, 4) is 11.5 Å². The van der Waals surface area contributed by atoms with Crippen molar-refractivity contribution in [1.82, 2.24) is 5.32 Å². The second kappa shape index (κ2) is 8.90. The normalized spacial score (nSPS) is 17.9. The Kier molecular flexibility index (Phi) is 6.83. The van der Waals surface area contributed by atoms with Crippen molar-refractivity contribution < 1.29 is 14.2 Å². The van der Waals surface area contributed by atoms with E-state index in [0.29, 0.717) is 19.3 Å². The predicted octanol–water partition coefficient (Wildman–Crippen LogP) is 3.14. The number of ether oxygens (including phenoxy) is 3. The Morgan fingerprint density at radius 2 is 2.24 bits per heavy atom. The SMILES string of the molecule is CCOc1cccc(CNC)c1OCCCC1CCCO1. The van der Waals surface area contributed by atoms with E-state index in [1.807, 2.05) is 26.1 Å². The van der Waals surface area contributed by atoms with Gasteiger partial charge in [0.05, 0.1) is 19.3 Å². The Balaban J connectivity index is 1.89. The second-order valence-electron chi connectivity index (χ2n) is 5.33. The summed E-state index contributed by atoms with van der Waals surface area (Å²) in [6.07, 6.45) is 4.93. The summed E-state index contributed by atoms with van der Waals surface area (Å²) >= 11 is 0. The van der Waals surface area contributed by atoms with E-state index >= 15 is 0 Å². The summed E-state index contributed by atoms with van der Waals surface area (Å²) < 4.78 is 17.3. The van der Waals surface area contributed by atoms with Gasteiger partial charge in [-0.2, -0.15) is 0 Å². The molecule has 118 valence electrons. The molecule has 2 rings (SSSR count). The average molecular weight is 293 g/mol. The van der Waals surface area contributed by atoms with Crippen LogP contribution in [0.15, 0.2) is 18.2 Å². The summed E-state index contributed by atoms with van der Waals surface area (Å²) in [5.41, 5.74) is 1.14. The van der Waals surface area contributed by atoms with Gasteiger partial charge in [-0.1, -0.05) is 12.1 Å². The molecule has 0 radical (unpaired) electrons. The molecule has 1 heterocycles. The molecule has 1 N–H and O–H groups in total. The first-order valence-corrected chi connectivity index (χ1v) is 7.98. The molecule has 1 atom stereocenters. The minimum atomic E-state index is 0.438. The van der Waals surface area contributed by atoms with E-state index in [2.05, 4.69) is 11.4 Å². The molecule has 1 aliphatic heterocycles. The molecule has 1 unspecified atom stereocenters. The lowest BCUT2D eigenvalue weighted by atomic mass is 10.1. The highest BCUT2D eigenvalue weighted by molar-refractivity contribution is 5.46. The molecule has 0 aromatic heterocycles. The van der Waals surface area contributed by atoms with Gasteiger partial charge in [0, 0.05) is 18.7 Å². The van der Waals surface area contributed by atoms with Gasteiger partial charge in [0.15, 0.2) is 11.5 Å². The molecule has 1 saturated heterocycles. The summed E-state index contributed by atoms with van der Waals surface area (Å²) in [7, 11) is 1.94. The van der Waals surface area contributed by atoms with Crippen molar-refractivity contribution in [2.24, 2.45) is 0 Å². The molecule has 0 aliphatic carbocycles. The zero-order valence-corrected chi connectivity index (χ0v) is 13.2. The quantitative estimate of drug-likeness (QED) is 0.710. The molecule has 1 aliphatic rings. The summed E-state index contributed by atoms with van der Waals surface area (Å²) in [5.74, 6) is 1.71. The monoisotopic (exact) mass is 293 g/mol. The molecule has 0 saturated carbocycles. The molecule has 0 bridgehead atoms. The third-order valence-electron chi connectivity index (χ3n) is 3.67. The van der Waals surface area contributed by atoms with Gasteiger partial charge in [-0.05, 0) is 45.7 Å². The third-order valence-corrected chi connectivity index (χ3v) is 3.67. The van der Waals surface area contributed by atoms with Crippen LogP contribution in [-0.4, -0.2) is 33.0 Å². The molecule has 4 nitrogen and oxygen atoms in total. The van der Waals surface area contributed by atoms with E-state index < -0.39 is 0 Å². The van der Waals surface area contributed by atoms with Crippen LogP contribution in [0, 0.1) is 0 Å². The number of hydrogen-bond donors (Lipinski definition) is 1. The van der Waals surface area contributed by atoms with Crippen molar-refractivity contribution in [3.05, 3.63) is 23.8 Å². The van der Waals surface area contributed by atoms with Crippen LogP contribution in [0.25, 0.3) is 0 Å². The molecule has 1 aromatic rings. The van der Waals surface area contributed by atoms with Crippen LogP contribution in [0.5, 0.6) is 11.5 Å². The fourth-order valence-electron chi connectivity index (χ4n) is 2.68. The number of hydrogen-bond acceptors (Lipinski definition) is 4. The van der Waals surface area contributed by atoms with E-state index in [-0.39, 0.29) is 0 Å². The second-order valence-corrected chi connectivity index (χ2v) is 5.33.